The average molecular weight is 336 g/mol. The molecule has 3 rings (SSSR count). The lowest BCUT2D eigenvalue weighted by molar-refractivity contribution is -0.127. The minimum absolute atomic E-state index is 0.0516. The number of nitrogens with zero attached hydrogens (tertiary/aromatic N) is 2. The van der Waals surface area contributed by atoms with Gasteiger partial charge in [-0.3, -0.25) is 9.59 Å². The van der Waals surface area contributed by atoms with E-state index >= 15 is 0 Å². The minimum Gasteiger partial charge on any atom is -0.338 e. The second-order valence-corrected chi connectivity index (χ2v) is 6.47. The standard InChI is InChI=1S/C15H14ClN3O2S/c1-19-12(20)8-11(14(21)18-15-17-5-6-22-15)13(19)9-3-2-4-10(16)7-9/h2-7,11,13H,8H2,1H3,(H,17,18,21)/t11-,13-/m1/s1. The molecule has 1 aliphatic rings. The van der Waals surface area contributed by atoms with Crippen molar-refractivity contribution in [2.24, 2.45) is 5.92 Å². The van der Waals surface area contributed by atoms with Gasteiger partial charge in [-0.25, -0.2) is 4.98 Å². The largest absolute Gasteiger partial charge is 0.338 e. The number of thiazole rings is 1. The summed E-state index contributed by atoms with van der Waals surface area (Å²) in [5, 5.41) is 5.69. The van der Waals surface area contributed by atoms with Gasteiger partial charge >= 0.3 is 0 Å². The minimum atomic E-state index is -0.458. The Morgan fingerprint density at radius 1 is 1.50 bits per heavy atom. The second-order valence-electron chi connectivity index (χ2n) is 5.14. The van der Waals surface area contributed by atoms with Crippen molar-refractivity contribution in [1.82, 2.24) is 9.88 Å². The Hall–Kier alpha value is -1.92. The van der Waals surface area contributed by atoms with E-state index in [1.54, 1.807) is 35.7 Å². The molecule has 2 amide bonds. The van der Waals surface area contributed by atoms with E-state index in [2.05, 4.69) is 10.3 Å². The number of amides is 2. The molecule has 1 N–H and O–H groups in total. The molecule has 7 heteroatoms. The van der Waals surface area contributed by atoms with E-state index in [-0.39, 0.29) is 24.3 Å². The number of nitrogens with one attached hydrogen (secondary N) is 1. The van der Waals surface area contributed by atoms with Gasteiger partial charge in [0.15, 0.2) is 5.13 Å². The van der Waals surface area contributed by atoms with Gasteiger partial charge in [0.25, 0.3) is 0 Å². The highest BCUT2D eigenvalue weighted by molar-refractivity contribution is 7.13. The Balaban J connectivity index is 1.88. The van der Waals surface area contributed by atoms with Crippen LogP contribution in [0.2, 0.25) is 5.02 Å². The van der Waals surface area contributed by atoms with Crippen molar-refractivity contribution < 1.29 is 9.59 Å². The molecule has 2 aromatic rings. The Bertz CT molecular complexity index is 705. The number of aromatic nitrogens is 1. The van der Waals surface area contributed by atoms with Crippen LogP contribution in [0.3, 0.4) is 0 Å². The molecule has 1 aromatic carbocycles. The predicted molar refractivity (Wildman–Crippen MR) is 85.8 cm³/mol. The normalized spacial score (nSPS) is 21.2. The number of carbonyl (C=O) groups excluding carboxylic acids is 2. The molecule has 0 spiro atoms. The summed E-state index contributed by atoms with van der Waals surface area (Å²) in [6.45, 7) is 0. The Labute approximate surface area is 136 Å². The van der Waals surface area contributed by atoms with Crippen molar-refractivity contribution >= 4 is 39.9 Å². The molecule has 1 saturated heterocycles. The van der Waals surface area contributed by atoms with Gasteiger partial charge in [-0.15, -0.1) is 11.3 Å². The molecule has 2 atom stereocenters. The van der Waals surface area contributed by atoms with Crippen molar-refractivity contribution in [2.75, 3.05) is 12.4 Å². The van der Waals surface area contributed by atoms with Crippen LogP contribution in [-0.2, 0) is 9.59 Å². The molecule has 1 aromatic heterocycles. The number of hydrogen-bond donors (Lipinski definition) is 1. The Morgan fingerprint density at radius 2 is 2.32 bits per heavy atom. The Morgan fingerprint density at radius 3 is 3.00 bits per heavy atom. The molecule has 0 bridgehead atoms. The van der Waals surface area contributed by atoms with Gasteiger partial charge in [-0.05, 0) is 17.7 Å². The van der Waals surface area contributed by atoms with Gasteiger partial charge in [-0.1, -0.05) is 23.7 Å². The van der Waals surface area contributed by atoms with Crippen LogP contribution in [0.5, 0.6) is 0 Å². The van der Waals surface area contributed by atoms with Crippen molar-refractivity contribution in [2.45, 2.75) is 12.5 Å². The number of carbonyl (C=O) groups is 2. The number of benzene rings is 1. The van der Waals surface area contributed by atoms with Crippen molar-refractivity contribution in [3.8, 4) is 0 Å². The van der Waals surface area contributed by atoms with Crippen LogP contribution < -0.4 is 5.32 Å². The van der Waals surface area contributed by atoms with Gasteiger partial charge in [0.2, 0.25) is 11.8 Å². The van der Waals surface area contributed by atoms with Crippen molar-refractivity contribution in [3.05, 3.63) is 46.4 Å². The summed E-state index contributed by atoms with van der Waals surface area (Å²) >= 11 is 7.39. The predicted octanol–water partition coefficient (Wildman–Crippen LogP) is 2.95. The number of hydrogen-bond acceptors (Lipinski definition) is 4. The van der Waals surface area contributed by atoms with E-state index < -0.39 is 5.92 Å². The number of anilines is 1. The lowest BCUT2D eigenvalue weighted by Crippen LogP contribution is -2.30. The smallest absolute Gasteiger partial charge is 0.232 e. The van der Waals surface area contributed by atoms with E-state index in [0.29, 0.717) is 10.2 Å². The second kappa shape index (κ2) is 6.06. The van der Waals surface area contributed by atoms with E-state index in [1.807, 2.05) is 12.1 Å². The van der Waals surface area contributed by atoms with Crippen LogP contribution in [0.4, 0.5) is 5.13 Å². The zero-order chi connectivity index (χ0) is 15.7. The maximum absolute atomic E-state index is 12.5. The fourth-order valence-electron chi connectivity index (χ4n) is 2.73. The van der Waals surface area contributed by atoms with E-state index in [4.69, 9.17) is 11.6 Å². The lowest BCUT2D eigenvalue weighted by Gasteiger charge is -2.24. The number of halogens is 1. The maximum atomic E-state index is 12.5. The third-order valence-electron chi connectivity index (χ3n) is 3.78. The monoisotopic (exact) mass is 335 g/mol. The first-order chi connectivity index (χ1) is 10.6. The van der Waals surface area contributed by atoms with Gasteiger partial charge < -0.3 is 10.2 Å². The topological polar surface area (TPSA) is 62.3 Å². The van der Waals surface area contributed by atoms with Crippen molar-refractivity contribution in [1.29, 1.82) is 0 Å². The number of likely N-dealkylation sites (tertiary alicyclic amines) is 1. The van der Waals surface area contributed by atoms with Crippen LogP contribution in [0.1, 0.15) is 18.0 Å². The summed E-state index contributed by atoms with van der Waals surface area (Å²) < 4.78 is 0. The van der Waals surface area contributed by atoms with E-state index in [9.17, 15) is 9.59 Å². The highest BCUT2D eigenvalue weighted by atomic mass is 35.5. The molecular formula is C15H14ClN3O2S. The summed E-state index contributed by atoms with van der Waals surface area (Å²) in [6.07, 6.45) is 1.81. The molecule has 1 aliphatic heterocycles. The summed E-state index contributed by atoms with van der Waals surface area (Å²) in [5.74, 6) is -0.707. The first kappa shape index (κ1) is 15.0. The fraction of sp³-hybridized carbons (Fsp3) is 0.267. The van der Waals surface area contributed by atoms with E-state index in [1.165, 1.54) is 11.3 Å². The van der Waals surface area contributed by atoms with Crippen LogP contribution in [0.15, 0.2) is 35.8 Å². The lowest BCUT2D eigenvalue weighted by atomic mass is 9.93. The zero-order valence-electron chi connectivity index (χ0n) is 11.8. The van der Waals surface area contributed by atoms with Gasteiger partial charge in [-0.2, -0.15) is 0 Å². The van der Waals surface area contributed by atoms with Crippen LogP contribution >= 0.6 is 22.9 Å². The third-order valence-corrected chi connectivity index (χ3v) is 4.70. The maximum Gasteiger partial charge on any atom is 0.232 e. The van der Waals surface area contributed by atoms with E-state index in [0.717, 1.165) is 5.56 Å². The highest BCUT2D eigenvalue weighted by Gasteiger charge is 2.42. The van der Waals surface area contributed by atoms with Crippen molar-refractivity contribution in [3.63, 3.8) is 0 Å². The Kier molecular flexibility index (Phi) is 4.13. The van der Waals surface area contributed by atoms with Gasteiger partial charge in [0, 0.05) is 30.1 Å². The summed E-state index contributed by atoms with van der Waals surface area (Å²) in [7, 11) is 1.71. The molecule has 0 aliphatic carbocycles. The van der Waals surface area contributed by atoms with Gasteiger partial charge in [0.05, 0.1) is 12.0 Å². The van der Waals surface area contributed by atoms with Crippen LogP contribution in [0.25, 0.3) is 0 Å². The SMILES string of the molecule is CN1C(=O)C[C@@H](C(=O)Nc2nccs2)[C@H]1c1cccc(Cl)c1. The summed E-state index contributed by atoms with van der Waals surface area (Å²) in [6, 6.07) is 6.96. The molecule has 2 heterocycles. The summed E-state index contributed by atoms with van der Waals surface area (Å²) in [5.41, 5.74) is 0.861. The van der Waals surface area contributed by atoms with Gasteiger partial charge in [0.1, 0.15) is 0 Å². The summed E-state index contributed by atoms with van der Waals surface area (Å²) in [4.78, 5) is 30.2. The zero-order valence-corrected chi connectivity index (χ0v) is 13.4. The molecule has 1 fully saturated rings. The average Bonchev–Trinajstić information content (AvgIpc) is 3.08. The quantitative estimate of drug-likeness (QED) is 0.938. The first-order valence-electron chi connectivity index (χ1n) is 6.78. The first-order valence-corrected chi connectivity index (χ1v) is 8.03. The number of rotatable bonds is 3. The molecule has 0 saturated carbocycles. The third kappa shape index (κ3) is 2.84. The van der Waals surface area contributed by atoms with Crippen LogP contribution in [-0.4, -0.2) is 28.7 Å². The molecular weight excluding hydrogens is 322 g/mol. The molecule has 114 valence electrons. The molecule has 5 nitrogen and oxygen atoms in total. The highest BCUT2D eigenvalue weighted by Crippen LogP contribution is 2.38. The molecule has 0 unspecified atom stereocenters. The molecule has 0 radical (unpaired) electrons. The van der Waals surface area contributed by atoms with Crippen LogP contribution in [0, 0.1) is 5.92 Å². The molecule has 22 heavy (non-hydrogen) atoms. The fourth-order valence-corrected chi connectivity index (χ4v) is 3.47.